The van der Waals surface area contributed by atoms with Crippen molar-refractivity contribution in [2.75, 3.05) is 34.4 Å². The molecule has 3 aliphatic carbocycles. The molecule has 3 N–H and O–H groups in total. The Labute approximate surface area is 335 Å². The quantitative estimate of drug-likeness (QED) is 0.192. The highest BCUT2D eigenvalue weighted by Crippen LogP contribution is 2.58. The van der Waals surface area contributed by atoms with Crippen molar-refractivity contribution in [2.45, 2.75) is 127 Å². The molecule has 14 nitrogen and oxygen atoms in total. The maximum Gasteiger partial charge on any atom is 0.409 e. The third kappa shape index (κ3) is 7.51. The number of likely N-dealkylation sites (tertiary alicyclic amines) is 2. The Balaban J connectivity index is 0.998. The molecule has 14 heteroatoms. The standard InChI is InChI=1S/C43H60N8O6/c1-26(2)34(48-40(54)56-6)38(52)50-22-8-10-31(50)36-44-24-30(46-36)28-12-14-29(15-13-28)42-16-19-43(20-17-42,21-18-42)33-25-45-37(47-33)32-11-9-23-51(32)39(53)35(27(3)4)49(5)41(55)57-7/h12-15,24-27,31-32,34-35H,8-11,16-23H2,1-7H3,(H,44,46)(H,45,47)(H,48,54)/t31-,32-,34-,35-,42?,43?/m0/s1. The monoisotopic (exact) mass is 784 g/mol. The van der Waals surface area contributed by atoms with Gasteiger partial charge >= 0.3 is 12.2 Å². The van der Waals surface area contributed by atoms with Crippen LogP contribution in [0.3, 0.4) is 0 Å². The largest absolute Gasteiger partial charge is 0.453 e. The van der Waals surface area contributed by atoms with Gasteiger partial charge in [-0.25, -0.2) is 19.6 Å². The van der Waals surface area contributed by atoms with E-state index in [1.165, 1.54) is 30.4 Å². The Kier molecular flexibility index (Phi) is 11.4. The molecule has 2 bridgehead atoms. The summed E-state index contributed by atoms with van der Waals surface area (Å²) in [7, 11) is 4.27. The highest BCUT2D eigenvalue weighted by atomic mass is 16.5. The van der Waals surface area contributed by atoms with Gasteiger partial charge in [-0.3, -0.25) is 14.5 Å². The topological polar surface area (TPSA) is 166 Å². The van der Waals surface area contributed by atoms with E-state index in [4.69, 9.17) is 19.4 Å². The Hall–Kier alpha value is -4.88. The van der Waals surface area contributed by atoms with E-state index in [0.717, 1.165) is 87.1 Å². The molecule has 2 saturated heterocycles. The van der Waals surface area contributed by atoms with Gasteiger partial charge < -0.3 is 34.6 Å². The summed E-state index contributed by atoms with van der Waals surface area (Å²) >= 11 is 0. The number of benzene rings is 1. The van der Waals surface area contributed by atoms with Gasteiger partial charge in [0.2, 0.25) is 11.8 Å². The summed E-state index contributed by atoms with van der Waals surface area (Å²) in [5.74, 6) is 1.26. The van der Waals surface area contributed by atoms with Gasteiger partial charge in [0.1, 0.15) is 23.7 Å². The number of nitrogens with zero attached hydrogens (tertiary/aromatic N) is 5. The molecule has 0 radical (unpaired) electrons. The van der Waals surface area contributed by atoms with Crippen LogP contribution in [0, 0.1) is 11.8 Å². The van der Waals surface area contributed by atoms with Crippen molar-refractivity contribution in [2.24, 2.45) is 11.8 Å². The summed E-state index contributed by atoms with van der Waals surface area (Å²) in [6.45, 7) is 9.01. The summed E-state index contributed by atoms with van der Waals surface area (Å²) < 4.78 is 9.72. The normalized spacial score (nSPS) is 25.5. The SMILES string of the molecule is COC(=O)N[C@H](C(=O)N1CCC[C@H]1c1ncc(-c2ccc(C34CCC(c5cnc([C@@H]6CCCN6C(=O)[C@H](C(C)C)N(C)C(=O)OC)[nH]5)(CC3)CC4)cc2)[nH]1)C(C)C. The average Bonchev–Trinajstić information content (AvgIpc) is 4.07. The van der Waals surface area contributed by atoms with Crippen LogP contribution in [0.1, 0.15) is 127 Å². The van der Waals surface area contributed by atoms with Crippen LogP contribution in [0.4, 0.5) is 9.59 Å². The first-order valence-corrected chi connectivity index (χ1v) is 20.8. The summed E-state index contributed by atoms with van der Waals surface area (Å²) in [5, 5.41) is 2.72. The Bertz CT molecular complexity index is 1910. The number of rotatable bonds is 11. The van der Waals surface area contributed by atoms with Crippen LogP contribution in [0.25, 0.3) is 11.3 Å². The van der Waals surface area contributed by atoms with Gasteiger partial charge in [0.05, 0.1) is 38.2 Å². The molecule has 8 rings (SSSR count). The van der Waals surface area contributed by atoms with Crippen LogP contribution < -0.4 is 5.32 Å². The fourth-order valence-corrected chi connectivity index (χ4v) is 10.3. The first-order chi connectivity index (χ1) is 27.3. The number of likely N-dealkylation sites (N-methyl/N-ethyl adjacent to an activating group) is 1. The second-order valence-corrected chi connectivity index (χ2v) is 17.5. The zero-order valence-electron chi connectivity index (χ0n) is 34.6. The van der Waals surface area contributed by atoms with E-state index >= 15 is 0 Å². The number of hydrogen-bond donors (Lipinski definition) is 3. The molecule has 4 heterocycles. The minimum atomic E-state index is -0.673. The number of carbonyl (C=O) groups excluding carboxylic acids is 4. The van der Waals surface area contributed by atoms with E-state index < -0.39 is 24.3 Å². The number of imidazole rings is 2. The van der Waals surface area contributed by atoms with Crippen molar-refractivity contribution in [1.82, 2.24) is 40.0 Å². The molecule has 5 aliphatic rings. The lowest BCUT2D eigenvalue weighted by Gasteiger charge is -2.53. The number of nitrogens with one attached hydrogen (secondary N) is 3. The molecule has 3 saturated carbocycles. The lowest BCUT2D eigenvalue weighted by molar-refractivity contribution is -0.138. The lowest BCUT2D eigenvalue weighted by atomic mass is 9.51. The zero-order valence-corrected chi connectivity index (χ0v) is 34.6. The first kappa shape index (κ1) is 40.3. The van der Waals surface area contributed by atoms with Gasteiger partial charge in [-0.05, 0) is 92.6 Å². The maximum atomic E-state index is 13.9. The molecule has 1 aromatic carbocycles. The number of amides is 4. The highest BCUT2D eigenvalue weighted by molar-refractivity contribution is 5.87. The molecular formula is C43H60N8O6. The van der Waals surface area contributed by atoms with Crippen molar-refractivity contribution in [3.63, 3.8) is 0 Å². The van der Waals surface area contributed by atoms with Crippen LogP contribution in [0.5, 0.6) is 0 Å². The van der Waals surface area contributed by atoms with Crippen LogP contribution in [0.2, 0.25) is 0 Å². The van der Waals surface area contributed by atoms with E-state index in [2.05, 4.69) is 39.6 Å². The Morgan fingerprint density at radius 3 is 1.89 bits per heavy atom. The van der Waals surface area contributed by atoms with Gasteiger partial charge in [0, 0.05) is 37.4 Å². The predicted octanol–water partition coefficient (Wildman–Crippen LogP) is 6.77. The van der Waals surface area contributed by atoms with Gasteiger partial charge in [-0.1, -0.05) is 52.0 Å². The average molecular weight is 785 g/mol. The summed E-state index contributed by atoms with van der Waals surface area (Å²) in [6, 6.07) is 7.34. The van der Waals surface area contributed by atoms with Crippen molar-refractivity contribution in [3.8, 4) is 11.3 Å². The molecule has 4 atom stereocenters. The van der Waals surface area contributed by atoms with Crippen LogP contribution >= 0.6 is 0 Å². The Morgan fingerprint density at radius 2 is 1.33 bits per heavy atom. The molecule has 4 amide bonds. The van der Waals surface area contributed by atoms with E-state index in [9.17, 15) is 19.2 Å². The van der Waals surface area contributed by atoms with Crippen molar-refractivity contribution in [1.29, 1.82) is 0 Å². The fourth-order valence-electron chi connectivity index (χ4n) is 10.3. The lowest BCUT2D eigenvalue weighted by Crippen LogP contribution is -2.51. The Morgan fingerprint density at radius 1 is 0.772 bits per heavy atom. The minimum Gasteiger partial charge on any atom is -0.453 e. The zero-order chi connectivity index (χ0) is 40.6. The van der Waals surface area contributed by atoms with E-state index in [0.29, 0.717) is 13.1 Å². The van der Waals surface area contributed by atoms with Crippen LogP contribution in [-0.2, 0) is 29.9 Å². The second-order valence-electron chi connectivity index (χ2n) is 17.5. The number of ether oxygens (including phenoxy) is 2. The number of aromatic amines is 2. The third-order valence-corrected chi connectivity index (χ3v) is 13.7. The highest BCUT2D eigenvalue weighted by Gasteiger charge is 2.51. The van der Waals surface area contributed by atoms with Gasteiger partial charge in [-0.2, -0.15) is 0 Å². The number of aromatic nitrogens is 4. The summed E-state index contributed by atoms with van der Waals surface area (Å²) in [5.41, 5.74) is 4.74. The summed E-state index contributed by atoms with van der Waals surface area (Å²) in [6.07, 6.45) is 12.7. The number of alkyl carbamates (subject to hydrolysis) is 1. The van der Waals surface area contributed by atoms with Crippen molar-refractivity contribution >= 4 is 24.0 Å². The number of fused-ring (bicyclic) bond motifs is 3. The molecule has 2 aromatic heterocycles. The van der Waals surface area contributed by atoms with E-state index in [1.54, 1.807) is 7.05 Å². The molecule has 2 aliphatic heterocycles. The van der Waals surface area contributed by atoms with Crippen molar-refractivity contribution in [3.05, 3.63) is 59.6 Å². The summed E-state index contributed by atoms with van der Waals surface area (Å²) in [4.78, 5) is 73.9. The first-order valence-electron chi connectivity index (χ1n) is 20.8. The molecule has 308 valence electrons. The minimum absolute atomic E-state index is 0.0539. The number of hydrogen-bond acceptors (Lipinski definition) is 8. The molecular weight excluding hydrogens is 725 g/mol. The number of carbonyl (C=O) groups is 4. The maximum absolute atomic E-state index is 13.9. The van der Waals surface area contributed by atoms with E-state index in [1.807, 2.05) is 49.9 Å². The second kappa shape index (κ2) is 16.2. The fraction of sp³-hybridized carbons (Fsp3) is 0.628. The van der Waals surface area contributed by atoms with Crippen LogP contribution in [0.15, 0.2) is 36.7 Å². The van der Waals surface area contributed by atoms with E-state index in [-0.39, 0.29) is 46.6 Å². The predicted molar refractivity (Wildman–Crippen MR) is 214 cm³/mol. The molecule has 57 heavy (non-hydrogen) atoms. The van der Waals surface area contributed by atoms with Gasteiger partial charge in [0.15, 0.2) is 0 Å². The third-order valence-electron chi connectivity index (χ3n) is 13.7. The van der Waals surface area contributed by atoms with Crippen molar-refractivity contribution < 1.29 is 28.7 Å². The number of H-pyrrole nitrogens is 2. The van der Waals surface area contributed by atoms with Gasteiger partial charge in [0.25, 0.3) is 0 Å². The van der Waals surface area contributed by atoms with Gasteiger partial charge in [-0.15, -0.1) is 0 Å². The molecule has 0 unspecified atom stereocenters. The molecule has 0 spiro atoms. The number of methoxy groups -OCH3 is 2. The smallest absolute Gasteiger partial charge is 0.409 e. The molecule has 3 aromatic rings. The van der Waals surface area contributed by atoms with Crippen LogP contribution in [-0.4, -0.2) is 105 Å². The molecule has 5 fully saturated rings.